The summed E-state index contributed by atoms with van der Waals surface area (Å²) < 4.78 is 7.07. The van der Waals surface area contributed by atoms with Gasteiger partial charge in [-0.2, -0.15) is 0 Å². The smallest absolute Gasteiger partial charge is 0.269 e. The molecule has 0 unspecified atom stereocenters. The number of pyridine rings is 1. The number of rotatable bonds is 6. The Kier molecular flexibility index (Phi) is 5.11. The van der Waals surface area contributed by atoms with Gasteiger partial charge in [-0.05, 0) is 29.8 Å². The predicted molar refractivity (Wildman–Crippen MR) is 110 cm³/mol. The molecule has 146 valence electrons. The van der Waals surface area contributed by atoms with Crippen molar-refractivity contribution in [1.29, 1.82) is 0 Å². The Morgan fingerprint density at radius 3 is 2.48 bits per heavy atom. The second-order valence-electron chi connectivity index (χ2n) is 6.54. The summed E-state index contributed by atoms with van der Waals surface area (Å²) in [5, 5.41) is 5.58. The fourth-order valence-electron chi connectivity index (χ4n) is 3.15. The monoisotopic (exact) mass is 388 g/mol. The minimum absolute atomic E-state index is 0.193. The van der Waals surface area contributed by atoms with Gasteiger partial charge in [0, 0.05) is 31.9 Å². The van der Waals surface area contributed by atoms with Crippen LogP contribution >= 0.6 is 0 Å². The zero-order valence-electron chi connectivity index (χ0n) is 15.9. The number of furan rings is 1. The van der Waals surface area contributed by atoms with Gasteiger partial charge >= 0.3 is 0 Å². The molecule has 3 aromatic heterocycles. The summed E-state index contributed by atoms with van der Waals surface area (Å²) in [5.74, 6) is -0.491. The minimum atomic E-state index is -0.299. The molecule has 0 fully saturated rings. The van der Waals surface area contributed by atoms with Crippen LogP contribution in [-0.2, 0) is 7.05 Å². The highest BCUT2D eigenvalue weighted by molar-refractivity contribution is 5.95. The molecule has 0 radical (unpaired) electrons. The first-order chi connectivity index (χ1) is 14.1. The second-order valence-corrected chi connectivity index (χ2v) is 6.54. The van der Waals surface area contributed by atoms with Crippen molar-refractivity contribution in [3.63, 3.8) is 0 Å². The molecule has 4 aromatic rings. The third-order valence-electron chi connectivity index (χ3n) is 4.66. The molecule has 7 nitrogen and oxygen atoms in total. The van der Waals surface area contributed by atoms with Gasteiger partial charge in [0.05, 0.1) is 6.26 Å². The van der Waals surface area contributed by atoms with E-state index >= 15 is 0 Å². The van der Waals surface area contributed by atoms with Gasteiger partial charge in [0.2, 0.25) is 0 Å². The first kappa shape index (κ1) is 18.5. The van der Waals surface area contributed by atoms with E-state index in [1.54, 1.807) is 24.3 Å². The Hall–Kier alpha value is -3.87. The van der Waals surface area contributed by atoms with Crippen LogP contribution in [0.4, 0.5) is 0 Å². The average Bonchev–Trinajstić information content (AvgIpc) is 3.37. The molecule has 2 N–H and O–H groups in total. The Bertz CT molecular complexity index is 1160. The van der Waals surface area contributed by atoms with Crippen LogP contribution < -0.4 is 10.6 Å². The maximum absolute atomic E-state index is 12.5. The lowest BCUT2D eigenvalue weighted by Gasteiger charge is -2.09. The lowest BCUT2D eigenvalue weighted by molar-refractivity contribution is 0.0921. The number of nitrogens with one attached hydrogen (secondary N) is 2. The normalized spacial score (nSPS) is 10.8. The summed E-state index contributed by atoms with van der Waals surface area (Å²) in [4.78, 5) is 28.9. The highest BCUT2D eigenvalue weighted by Gasteiger charge is 2.13. The summed E-state index contributed by atoms with van der Waals surface area (Å²) in [6, 6.07) is 18.6. The van der Waals surface area contributed by atoms with Crippen molar-refractivity contribution in [2.24, 2.45) is 7.05 Å². The zero-order valence-corrected chi connectivity index (χ0v) is 15.9. The molecular formula is C22H20N4O3. The first-order valence-electron chi connectivity index (χ1n) is 9.25. The summed E-state index contributed by atoms with van der Waals surface area (Å²) >= 11 is 0. The minimum Gasteiger partial charge on any atom is -0.463 e. The molecule has 7 heteroatoms. The van der Waals surface area contributed by atoms with Gasteiger partial charge in [-0.15, -0.1) is 0 Å². The molecule has 0 aliphatic rings. The molecule has 0 atom stereocenters. The Balaban J connectivity index is 1.31. The van der Waals surface area contributed by atoms with E-state index in [1.807, 2.05) is 48.0 Å². The number of carbonyl (C=O) groups excluding carboxylic acids is 2. The lowest BCUT2D eigenvalue weighted by Crippen LogP contribution is -2.35. The van der Waals surface area contributed by atoms with E-state index in [0.717, 1.165) is 11.3 Å². The third-order valence-corrected chi connectivity index (χ3v) is 4.66. The van der Waals surface area contributed by atoms with Crippen LogP contribution in [0.5, 0.6) is 0 Å². The number of carbonyl (C=O) groups is 2. The van der Waals surface area contributed by atoms with Gasteiger partial charge in [-0.3, -0.25) is 9.59 Å². The quantitative estimate of drug-likeness (QED) is 0.497. The van der Waals surface area contributed by atoms with Crippen LogP contribution in [0.1, 0.15) is 21.0 Å². The summed E-state index contributed by atoms with van der Waals surface area (Å²) in [7, 11) is 1.86. The maximum Gasteiger partial charge on any atom is 0.269 e. The van der Waals surface area contributed by atoms with Gasteiger partial charge in [0.1, 0.15) is 16.9 Å². The van der Waals surface area contributed by atoms with Crippen molar-refractivity contribution in [3.05, 3.63) is 78.3 Å². The van der Waals surface area contributed by atoms with Crippen molar-refractivity contribution in [3.8, 4) is 11.3 Å². The van der Waals surface area contributed by atoms with Gasteiger partial charge in [-0.1, -0.05) is 30.3 Å². The van der Waals surface area contributed by atoms with E-state index in [4.69, 9.17) is 4.42 Å². The number of fused-ring (bicyclic) bond motifs is 1. The third kappa shape index (κ3) is 3.89. The molecule has 0 bridgehead atoms. The molecule has 0 spiro atoms. The second kappa shape index (κ2) is 8.02. The van der Waals surface area contributed by atoms with E-state index in [9.17, 15) is 9.59 Å². The standard InChI is InChI=1S/C22H20N4O3/c1-26-18(15-5-3-2-4-6-15)8-9-19(26)22(28)24-13-12-23-21(27)17-7-10-20-16(25-17)11-14-29-20/h2-11,14H,12-13H2,1H3,(H,23,27)(H,24,28). The Morgan fingerprint density at radius 1 is 0.931 bits per heavy atom. The molecule has 29 heavy (non-hydrogen) atoms. The summed E-state index contributed by atoms with van der Waals surface area (Å²) in [5.41, 5.74) is 4.13. The predicted octanol–water partition coefficient (Wildman–Crippen LogP) is 2.99. The van der Waals surface area contributed by atoms with Crippen molar-refractivity contribution >= 4 is 22.9 Å². The van der Waals surface area contributed by atoms with Crippen LogP contribution in [0.15, 0.2) is 71.3 Å². The number of amides is 2. The fraction of sp³-hybridized carbons (Fsp3) is 0.136. The van der Waals surface area contributed by atoms with Crippen LogP contribution in [-0.4, -0.2) is 34.5 Å². The van der Waals surface area contributed by atoms with Gasteiger partial charge < -0.3 is 19.6 Å². The molecule has 0 saturated carbocycles. The molecule has 3 heterocycles. The van der Waals surface area contributed by atoms with Crippen LogP contribution in [0.2, 0.25) is 0 Å². The molecule has 0 aliphatic carbocycles. The van der Waals surface area contributed by atoms with Gasteiger partial charge in [-0.25, -0.2) is 4.98 Å². The molecule has 4 rings (SSSR count). The highest BCUT2D eigenvalue weighted by Crippen LogP contribution is 2.21. The van der Waals surface area contributed by atoms with E-state index in [0.29, 0.717) is 35.6 Å². The van der Waals surface area contributed by atoms with Crippen molar-refractivity contribution < 1.29 is 14.0 Å². The SMILES string of the molecule is Cn1c(C(=O)NCCNC(=O)c2ccc3occc3n2)ccc1-c1ccccc1. The first-order valence-corrected chi connectivity index (χ1v) is 9.25. The van der Waals surface area contributed by atoms with E-state index in [2.05, 4.69) is 15.6 Å². The topological polar surface area (TPSA) is 89.2 Å². The highest BCUT2D eigenvalue weighted by atomic mass is 16.3. The molecule has 1 aromatic carbocycles. The largest absolute Gasteiger partial charge is 0.463 e. The van der Waals surface area contributed by atoms with E-state index < -0.39 is 0 Å². The molecular weight excluding hydrogens is 368 g/mol. The van der Waals surface area contributed by atoms with Crippen LogP contribution in [0.25, 0.3) is 22.4 Å². The molecule has 0 saturated heterocycles. The maximum atomic E-state index is 12.5. The number of hydrogen-bond donors (Lipinski definition) is 2. The Morgan fingerprint density at radius 2 is 1.69 bits per heavy atom. The van der Waals surface area contributed by atoms with Gasteiger partial charge in [0.15, 0.2) is 5.58 Å². The Labute approximate surface area is 167 Å². The van der Waals surface area contributed by atoms with Crippen molar-refractivity contribution in [2.75, 3.05) is 13.1 Å². The zero-order chi connectivity index (χ0) is 20.2. The lowest BCUT2D eigenvalue weighted by atomic mass is 10.2. The van der Waals surface area contributed by atoms with Gasteiger partial charge in [0.25, 0.3) is 11.8 Å². The van der Waals surface area contributed by atoms with Crippen LogP contribution in [0.3, 0.4) is 0 Å². The molecule has 0 aliphatic heterocycles. The fourth-order valence-corrected chi connectivity index (χ4v) is 3.15. The van der Waals surface area contributed by atoms with E-state index in [1.165, 1.54) is 6.26 Å². The number of hydrogen-bond acceptors (Lipinski definition) is 4. The molecule has 2 amide bonds. The summed E-state index contributed by atoms with van der Waals surface area (Å²) in [6.45, 7) is 0.607. The average molecular weight is 388 g/mol. The number of nitrogens with zero attached hydrogens (tertiary/aromatic N) is 2. The summed E-state index contributed by atoms with van der Waals surface area (Å²) in [6.07, 6.45) is 1.53. The van der Waals surface area contributed by atoms with Crippen LogP contribution in [0, 0.1) is 0 Å². The van der Waals surface area contributed by atoms with Crippen molar-refractivity contribution in [2.45, 2.75) is 0 Å². The van der Waals surface area contributed by atoms with Crippen molar-refractivity contribution in [1.82, 2.24) is 20.2 Å². The van der Waals surface area contributed by atoms with E-state index in [-0.39, 0.29) is 11.8 Å². The number of benzene rings is 1. The number of aromatic nitrogens is 2.